The normalized spacial score (nSPS) is 22.2. The van der Waals surface area contributed by atoms with E-state index in [4.69, 9.17) is 4.74 Å². The van der Waals surface area contributed by atoms with E-state index < -0.39 is 6.10 Å². The fourth-order valence-electron chi connectivity index (χ4n) is 2.48. The van der Waals surface area contributed by atoms with Crippen LogP contribution in [0.4, 0.5) is 0 Å². The second kappa shape index (κ2) is 7.27. The van der Waals surface area contributed by atoms with E-state index in [2.05, 4.69) is 27.8 Å². The summed E-state index contributed by atoms with van der Waals surface area (Å²) >= 11 is 3.39. The number of rotatable bonds is 5. The van der Waals surface area contributed by atoms with Crippen molar-refractivity contribution in [3.63, 3.8) is 0 Å². The third kappa shape index (κ3) is 4.79. The summed E-state index contributed by atoms with van der Waals surface area (Å²) in [6.45, 7) is 4.39. The first-order chi connectivity index (χ1) is 9.15. The highest BCUT2D eigenvalue weighted by Gasteiger charge is 2.20. The van der Waals surface area contributed by atoms with Crippen LogP contribution in [0.1, 0.15) is 26.2 Å². The molecule has 3 nitrogen and oxygen atoms in total. The molecule has 4 heteroatoms. The first kappa shape index (κ1) is 14.8. The fraction of sp³-hybridized carbons (Fsp3) is 0.600. The Balaban J connectivity index is 1.74. The largest absolute Gasteiger partial charge is 0.491 e. The summed E-state index contributed by atoms with van der Waals surface area (Å²) in [6.07, 6.45) is 3.36. The van der Waals surface area contributed by atoms with Gasteiger partial charge in [0.1, 0.15) is 18.5 Å². The number of hydrogen-bond acceptors (Lipinski definition) is 3. The maximum absolute atomic E-state index is 10.1. The van der Waals surface area contributed by atoms with Crippen molar-refractivity contribution in [1.29, 1.82) is 0 Å². The molecule has 1 heterocycles. The average molecular weight is 328 g/mol. The van der Waals surface area contributed by atoms with Gasteiger partial charge in [0, 0.05) is 17.1 Å². The highest BCUT2D eigenvalue weighted by molar-refractivity contribution is 9.10. The maximum atomic E-state index is 10.1. The van der Waals surface area contributed by atoms with Gasteiger partial charge in [0.2, 0.25) is 0 Å². The first-order valence-corrected chi connectivity index (χ1v) is 7.75. The molecule has 19 heavy (non-hydrogen) atoms. The van der Waals surface area contributed by atoms with Crippen LogP contribution in [0.15, 0.2) is 28.7 Å². The summed E-state index contributed by atoms with van der Waals surface area (Å²) in [7, 11) is 0. The number of aliphatic hydroxyl groups is 1. The van der Waals surface area contributed by atoms with Gasteiger partial charge < -0.3 is 9.84 Å². The molecule has 0 aliphatic carbocycles. The number of aliphatic hydroxyl groups excluding tert-OH is 1. The zero-order valence-corrected chi connectivity index (χ0v) is 13.0. The molecule has 0 radical (unpaired) electrons. The number of benzene rings is 1. The quantitative estimate of drug-likeness (QED) is 0.902. The lowest BCUT2D eigenvalue weighted by Crippen LogP contribution is -2.43. The lowest BCUT2D eigenvalue weighted by atomic mass is 10.0. The third-order valence-corrected chi connectivity index (χ3v) is 4.17. The van der Waals surface area contributed by atoms with Gasteiger partial charge in [-0.15, -0.1) is 0 Å². The summed E-state index contributed by atoms with van der Waals surface area (Å²) in [5.41, 5.74) is 0. The van der Waals surface area contributed by atoms with Crippen molar-refractivity contribution in [3.05, 3.63) is 28.7 Å². The number of likely N-dealkylation sites (tertiary alicyclic amines) is 1. The van der Waals surface area contributed by atoms with Crippen LogP contribution in [0.25, 0.3) is 0 Å². The van der Waals surface area contributed by atoms with Gasteiger partial charge in [0.05, 0.1) is 0 Å². The van der Waals surface area contributed by atoms with Crippen molar-refractivity contribution < 1.29 is 9.84 Å². The van der Waals surface area contributed by atoms with E-state index in [1.165, 1.54) is 19.3 Å². The molecule has 1 fully saturated rings. The molecular formula is C15H22BrNO2. The van der Waals surface area contributed by atoms with E-state index in [9.17, 15) is 5.11 Å². The minimum absolute atomic E-state index is 0.352. The molecular weight excluding hydrogens is 306 g/mol. The van der Waals surface area contributed by atoms with Crippen molar-refractivity contribution in [2.45, 2.75) is 38.3 Å². The Bertz CT molecular complexity index is 382. The predicted molar refractivity (Wildman–Crippen MR) is 80.5 cm³/mol. The van der Waals surface area contributed by atoms with Crippen molar-refractivity contribution in [2.24, 2.45) is 0 Å². The Morgan fingerprint density at radius 3 is 2.79 bits per heavy atom. The minimum Gasteiger partial charge on any atom is -0.491 e. The van der Waals surface area contributed by atoms with E-state index in [1.54, 1.807) is 0 Å². The molecule has 1 aromatic rings. The SMILES string of the molecule is C[C@H]1CCCCN1C[C@@H](O)COc1ccc(Br)cc1. The molecule has 0 aromatic heterocycles. The van der Waals surface area contributed by atoms with E-state index in [0.29, 0.717) is 19.2 Å². The molecule has 0 saturated carbocycles. The summed E-state index contributed by atoms with van der Waals surface area (Å²) in [5.74, 6) is 0.800. The summed E-state index contributed by atoms with van der Waals surface area (Å²) in [5, 5.41) is 10.1. The molecule has 2 atom stereocenters. The van der Waals surface area contributed by atoms with E-state index >= 15 is 0 Å². The van der Waals surface area contributed by atoms with Crippen LogP contribution in [-0.4, -0.2) is 41.8 Å². The highest BCUT2D eigenvalue weighted by atomic mass is 79.9. The van der Waals surface area contributed by atoms with Crippen molar-refractivity contribution >= 4 is 15.9 Å². The Morgan fingerprint density at radius 2 is 2.11 bits per heavy atom. The third-order valence-electron chi connectivity index (χ3n) is 3.64. The van der Waals surface area contributed by atoms with Gasteiger partial charge in [0.15, 0.2) is 0 Å². The first-order valence-electron chi connectivity index (χ1n) is 6.95. The number of piperidine rings is 1. The number of nitrogens with zero attached hydrogens (tertiary/aromatic N) is 1. The van der Waals surface area contributed by atoms with Crippen LogP contribution in [0.3, 0.4) is 0 Å². The maximum Gasteiger partial charge on any atom is 0.119 e. The minimum atomic E-state index is -0.427. The van der Waals surface area contributed by atoms with Crippen molar-refractivity contribution in [2.75, 3.05) is 19.7 Å². The van der Waals surface area contributed by atoms with Crippen LogP contribution in [0, 0.1) is 0 Å². The summed E-state index contributed by atoms with van der Waals surface area (Å²) < 4.78 is 6.63. The molecule has 1 aliphatic heterocycles. The second-order valence-corrected chi connectivity index (χ2v) is 6.17. The standard InChI is InChI=1S/C15H22BrNO2/c1-12-4-2-3-9-17(12)10-14(18)11-19-15-7-5-13(16)6-8-15/h5-8,12,14,18H,2-4,9-11H2,1H3/t12-,14+/m0/s1. The van der Waals surface area contributed by atoms with Crippen LogP contribution in [0.2, 0.25) is 0 Å². The van der Waals surface area contributed by atoms with Gasteiger partial charge in [-0.3, -0.25) is 4.90 Å². The zero-order valence-electron chi connectivity index (χ0n) is 11.4. The Hall–Kier alpha value is -0.580. The van der Waals surface area contributed by atoms with Gasteiger partial charge in [-0.05, 0) is 50.6 Å². The highest BCUT2D eigenvalue weighted by Crippen LogP contribution is 2.18. The number of β-amino-alcohol motifs (C(OH)–C–C–N with tert-alkyl or cyclic N) is 1. The van der Waals surface area contributed by atoms with Crippen molar-refractivity contribution in [3.8, 4) is 5.75 Å². The molecule has 1 aliphatic rings. The average Bonchev–Trinajstić information content (AvgIpc) is 2.41. The van der Waals surface area contributed by atoms with Gasteiger partial charge in [-0.25, -0.2) is 0 Å². The van der Waals surface area contributed by atoms with Crippen LogP contribution in [0.5, 0.6) is 5.75 Å². The van der Waals surface area contributed by atoms with E-state index in [1.807, 2.05) is 24.3 Å². The van der Waals surface area contributed by atoms with Crippen molar-refractivity contribution in [1.82, 2.24) is 4.90 Å². The molecule has 0 unspecified atom stereocenters. The van der Waals surface area contributed by atoms with E-state index in [-0.39, 0.29) is 0 Å². The van der Waals surface area contributed by atoms with Crippen LogP contribution >= 0.6 is 15.9 Å². The smallest absolute Gasteiger partial charge is 0.119 e. The van der Waals surface area contributed by atoms with Gasteiger partial charge >= 0.3 is 0 Å². The van der Waals surface area contributed by atoms with Gasteiger partial charge in [0.25, 0.3) is 0 Å². The predicted octanol–water partition coefficient (Wildman–Crippen LogP) is 3.06. The number of halogens is 1. The van der Waals surface area contributed by atoms with Gasteiger partial charge in [-0.1, -0.05) is 22.4 Å². The Kier molecular flexibility index (Phi) is 5.67. The monoisotopic (exact) mass is 327 g/mol. The Labute approximate surface area is 123 Å². The lowest BCUT2D eigenvalue weighted by Gasteiger charge is -2.34. The van der Waals surface area contributed by atoms with Gasteiger partial charge in [-0.2, -0.15) is 0 Å². The second-order valence-electron chi connectivity index (χ2n) is 5.26. The number of hydrogen-bond donors (Lipinski definition) is 1. The fourth-order valence-corrected chi connectivity index (χ4v) is 2.74. The summed E-state index contributed by atoms with van der Waals surface area (Å²) in [6, 6.07) is 8.26. The molecule has 0 amide bonds. The molecule has 1 saturated heterocycles. The summed E-state index contributed by atoms with van der Waals surface area (Å²) in [4.78, 5) is 2.36. The number of ether oxygens (including phenoxy) is 1. The molecule has 0 bridgehead atoms. The molecule has 106 valence electrons. The van der Waals surface area contributed by atoms with E-state index in [0.717, 1.165) is 16.8 Å². The molecule has 1 N–H and O–H groups in total. The lowest BCUT2D eigenvalue weighted by molar-refractivity contribution is 0.0438. The molecule has 1 aromatic carbocycles. The van der Waals surface area contributed by atoms with Crippen LogP contribution in [-0.2, 0) is 0 Å². The van der Waals surface area contributed by atoms with Crippen LogP contribution < -0.4 is 4.74 Å². The molecule has 2 rings (SSSR count). The topological polar surface area (TPSA) is 32.7 Å². The molecule has 0 spiro atoms. The Morgan fingerprint density at radius 1 is 1.37 bits per heavy atom. The zero-order chi connectivity index (χ0) is 13.7.